The fourth-order valence-corrected chi connectivity index (χ4v) is 8.83. The minimum atomic E-state index is -0.947. The van der Waals surface area contributed by atoms with Gasteiger partial charge in [-0.05, 0) is 112 Å². The molecule has 2 nitrogen and oxygen atoms in total. The van der Waals surface area contributed by atoms with Gasteiger partial charge in [-0.3, -0.25) is 0 Å². The van der Waals surface area contributed by atoms with E-state index in [1.54, 1.807) is 11.1 Å². The molecule has 2 N–H and O–H groups in total. The first-order valence-corrected chi connectivity index (χ1v) is 13.2. The van der Waals surface area contributed by atoms with E-state index in [2.05, 4.69) is 41.2 Å². The van der Waals surface area contributed by atoms with Crippen LogP contribution in [0.25, 0.3) is 0 Å². The van der Waals surface area contributed by atoms with Crippen LogP contribution in [0.4, 0.5) is 0 Å². The van der Waals surface area contributed by atoms with Crippen LogP contribution in [0.2, 0.25) is 0 Å². The molecule has 0 amide bonds. The van der Waals surface area contributed by atoms with E-state index in [1.807, 2.05) is 6.92 Å². The third-order valence-electron chi connectivity index (χ3n) is 11.0. The highest BCUT2D eigenvalue weighted by Gasteiger charge is 2.59. The zero-order chi connectivity index (χ0) is 22.8. The van der Waals surface area contributed by atoms with Gasteiger partial charge in [0.15, 0.2) is 0 Å². The van der Waals surface area contributed by atoms with Gasteiger partial charge in [-0.2, -0.15) is 0 Å². The molecule has 0 aromatic carbocycles. The number of rotatable bonds is 5. The smallest absolute Gasteiger partial charge is 0.0913 e. The van der Waals surface area contributed by atoms with Crippen LogP contribution in [0.1, 0.15) is 106 Å². The van der Waals surface area contributed by atoms with E-state index in [0.29, 0.717) is 11.3 Å². The van der Waals surface area contributed by atoms with Gasteiger partial charge in [0.05, 0.1) is 11.7 Å². The molecule has 2 heteroatoms. The highest BCUT2D eigenvalue weighted by atomic mass is 16.3. The maximum absolute atomic E-state index is 11.2. The topological polar surface area (TPSA) is 40.5 Å². The molecule has 0 aromatic rings. The van der Waals surface area contributed by atoms with Crippen molar-refractivity contribution >= 4 is 0 Å². The standard InChI is InChI=1S/C29H48O2/c1-18(2)19(3)8-9-20(4)22-11-12-23-21-10-13-25-28(6,17-15-26(30)29(25,7)31)24(21)14-16-27(22,23)5/h18,20,22-23,25-26,30-31H,3,8-17H2,1-2,4-7H3/t20-,22-,23+,25?,26?,27-,28-,29?/m1/s1. The summed E-state index contributed by atoms with van der Waals surface area (Å²) >= 11 is 0. The van der Waals surface area contributed by atoms with Crippen molar-refractivity contribution in [1.29, 1.82) is 0 Å². The number of allylic oxidation sites excluding steroid dienone is 3. The van der Waals surface area contributed by atoms with Crippen LogP contribution in [0.3, 0.4) is 0 Å². The van der Waals surface area contributed by atoms with E-state index in [1.165, 1.54) is 44.1 Å². The average molecular weight is 429 g/mol. The van der Waals surface area contributed by atoms with Crippen LogP contribution in [-0.4, -0.2) is 21.9 Å². The first-order chi connectivity index (χ1) is 14.4. The van der Waals surface area contributed by atoms with Gasteiger partial charge in [-0.1, -0.05) is 57.9 Å². The molecule has 8 atom stereocenters. The highest BCUT2D eigenvalue weighted by Crippen LogP contribution is 2.67. The predicted molar refractivity (Wildman–Crippen MR) is 130 cm³/mol. The SMILES string of the molecule is C=C(CC[C@@H](C)[C@H]1CC[C@H]2C3=C(CC[C@]12C)[C@@]1(C)CCC(O)C(C)(O)C1CC3)C(C)C. The van der Waals surface area contributed by atoms with Gasteiger partial charge in [0.25, 0.3) is 0 Å². The van der Waals surface area contributed by atoms with Crippen LogP contribution in [0, 0.1) is 40.4 Å². The second-order valence-electron chi connectivity index (χ2n) is 12.9. The lowest BCUT2D eigenvalue weighted by Gasteiger charge is -2.59. The summed E-state index contributed by atoms with van der Waals surface area (Å²) < 4.78 is 0. The lowest BCUT2D eigenvalue weighted by Crippen LogP contribution is -2.58. The molecule has 0 aliphatic heterocycles. The molecule has 0 saturated heterocycles. The molecule has 4 aliphatic carbocycles. The second kappa shape index (κ2) is 8.01. The Morgan fingerprint density at radius 2 is 1.74 bits per heavy atom. The molecule has 4 aliphatic rings. The van der Waals surface area contributed by atoms with Gasteiger partial charge in [-0.25, -0.2) is 0 Å². The highest BCUT2D eigenvalue weighted by molar-refractivity contribution is 5.35. The molecule has 2 saturated carbocycles. The van der Waals surface area contributed by atoms with Crippen molar-refractivity contribution in [2.75, 3.05) is 0 Å². The molecule has 0 spiro atoms. The van der Waals surface area contributed by atoms with Crippen LogP contribution < -0.4 is 0 Å². The van der Waals surface area contributed by atoms with Gasteiger partial charge < -0.3 is 10.2 Å². The molecule has 0 aromatic heterocycles. The average Bonchev–Trinajstić information content (AvgIpc) is 3.06. The molecule has 4 rings (SSSR count). The van der Waals surface area contributed by atoms with Crippen LogP contribution in [-0.2, 0) is 0 Å². The Hall–Kier alpha value is -0.600. The summed E-state index contributed by atoms with van der Waals surface area (Å²) in [4.78, 5) is 0. The van der Waals surface area contributed by atoms with Gasteiger partial charge >= 0.3 is 0 Å². The Kier molecular flexibility index (Phi) is 6.09. The molecule has 31 heavy (non-hydrogen) atoms. The Bertz CT molecular complexity index is 746. The van der Waals surface area contributed by atoms with E-state index < -0.39 is 11.7 Å². The zero-order valence-corrected chi connectivity index (χ0v) is 21.1. The van der Waals surface area contributed by atoms with Crippen molar-refractivity contribution in [2.24, 2.45) is 40.4 Å². The maximum Gasteiger partial charge on any atom is 0.0913 e. The number of hydrogen-bond acceptors (Lipinski definition) is 2. The van der Waals surface area contributed by atoms with E-state index >= 15 is 0 Å². The Labute approximate surface area is 191 Å². The Morgan fingerprint density at radius 1 is 1.03 bits per heavy atom. The van der Waals surface area contributed by atoms with Crippen LogP contribution >= 0.6 is 0 Å². The van der Waals surface area contributed by atoms with Crippen molar-refractivity contribution < 1.29 is 10.2 Å². The number of aliphatic hydroxyl groups is 2. The fraction of sp³-hybridized carbons (Fsp3) is 0.862. The van der Waals surface area contributed by atoms with E-state index in [0.717, 1.165) is 43.4 Å². The zero-order valence-electron chi connectivity index (χ0n) is 21.1. The van der Waals surface area contributed by atoms with Crippen LogP contribution in [0.5, 0.6) is 0 Å². The lowest BCUT2D eigenvalue weighted by molar-refractivity contribution is -0.165. The molecular weight excluding hydrogens is 380 g/mol. The van der Waals surface area contributed by atoms with E-state index in [-0.39, 0.29) is 11.3 Å². The van der Waals surface area contributed by atoms with Gasteiger partial charge in [0.1, 0.15) is 0 Å². The second-order valence-corrected chi connectivity index (χ2v) is 12.9. The fourth-order valence-electron chi connectivity index (χ4n) is 8.83. The third-order valence-corrected chi connectivity index (χ3v) is 11.0. The lowest BCUT2D eigenvalue weighted by atomic mass is 9.48. The molecule has 0 bridgehead atoms. The van der Waals surface area contributed by atoms with Gasteiger partial charge in [-0.15, -0.1) is 0 Å². The first kappa shape index (κ1) is 23.6. The molecule has 0 radical (unpaired) electrons. The summed E-state index contributed by atoms with van der Waals surface area (Å²) in [7, 11) is 0. The monoisotopic (exact) mass is 428 g/mol. The van der Waals surface area contributed by atoms with Crippen molar-refractivity contribution in [2.45, 2.75) is 117 Å². The predicted octanol–water partition coefficient (Wildman–Crippen LogP) is 7.06. The van der Waals surface area contributed by atoms with Crippen molar-refractivity contribution in [3.05, 3.63) is 23.3 Å². The summed E-state index contributed by atoms with van der Waals surface area (Å²) in [5.74, 6) is 3.14. The quantitative estimate of drug-likeness (QED) is 0.460. The first-order valence-electron chi connectivity index (χ1n) is 13.2. The summed E-state index contributed by atoms with van der Waals surface area (Å²) in [6.07, 6.45) is 11.1. The number of hydrogen-bond donors (Lipinski definition) is 2. The van der Waals surface area contributed by atoms with E-state index in [4.69, 9.17) is 0 Å². The summed E-state index contributed by atoms with van der Waals surface area (Å²) in [5.41, 5.74) is 4.46. The Morgan fingerprint density at radius 3 is 2.42 bits per heavy atom. The van der Waals surface area contributed by atoms with Crippen molar-refractivity contribution in [3.8, 4) is 0 Å². The molecule has 3 unspecified atom stereocenters. The summed E-state index contributed by atoms with van der Waals surface area (Å²) in [5, 5.41) is 21.7. The molecule has 2 fully saturated rings. The van der Waals surface area contributed by atoms with Crippen LogP contribution in [0.15, 0.2) is 23.3 Å². The van der Waals surface area contributed by atoms with Crippen molar-refractivity contribution in [3.63, 3.8) is 0 Å². The minimum absolute atomic E-state index is 0.0797. The minimum Gasteiger partial charge on any atom is -0.390 e. The molecule has 0 heterocycles. The summed E-state index contributed by atoms with van der Waals surface area (Å²) in [6.45, 7) is 18.3. The van der Waals surface area contributed by atoms with Gasteiger partial charge in [0, 0.05) is 0 Å². The maximum atomic E-state index is 11.2. The summed E-state index contributed by atoms with van der Waals surface area (Å²) in [6, 6.07) is 0. The molecule has 176 valence electrons. The molecular formula is C29H48O2. The number of fused-ring (bicyclic) bond motifs is 4. The number of aliphatic hydroxyl groups excluding tert-OH is 1. The van der Waals surface area contributed by atoms with Gasteiger partial charge in [0.2, 0.25) is 0 Å². The third kappa shape index (κ3) is 3.59. The van der Waals surface area contributed by atoms with Crippen molar-refractivity contribution in [1.82, 2.24) is 0 Å². The normalized spacial score (nSPS) is 45.8. The largest absolute Gasteiger partial charge is 0.390 e. The Balaban J connectivity index is 1.56. The van der Waals surface area contributed by atoms with E-state index in [9.17, 15) is 10.2 Å².